The molecule has 1 atom stereocenters. The number of nitrogens with zero attached hydrogens (tertiary/aromatic N) is 1. The molecule has 0 aliphatic heterocycles. The van der Waals surface area contributed by atoms with E-state index in [1.165, 1.54) is 12.1 Å². The Kier molecular flexibility index (Phi) is 1.81. The lowest BCUT2D eigenvalue weighted by atomic mass is 10.1. The minimum atomic E-state index is -0.407. The van der Waals surface area contributed by atoms with E-state index in [9.17, 15) is 10.1 Å². The molecule has 3 nitrogen and oxygen atoms in total. The summed E-state index contributed by atoms with van der Waals surface area (Å²) in [6.07, 6.45) is 3.62. The fourth-order valence-electron chi connectivity index (χ4n) is 1.36. The van der Waals surface area contributed by atoms with Crippen molar-refractivity contribution in [2.75, 3.05) is 0 Å². The first-order valence-electron chi connectivity index (χ1n) is 3.79. The summed E-state index contributed by atoms with van der Waals surface area (Å²) in [6.45, 7) is 0. The van der Waals surface area contributed by atoms with Gasteiger partial charge in [-0.15, -0.1) is 11.6 Å². The molecule has 0 radical (unpaired) electrons. The van der Waals surface area contributed by atoms with Crippen LogP contribution in [0.25, 0.3) is 6.08 Å². The Labute approximate surface area is 79.8 Å². The highest BCUT2D eigenvalue weighted by Crippen LogP contribution is 2.34. The fourth-order valence-corrected chi connectivity index (χ4v) is 1.63. The van der Waals surface area contributed by atoms with Crippen LogP contribution in [0.5, 0.6) is 0 Å². The van der Waals surface area contributed by atoms with Gasteiger partial charge in [-0.05, 0) is 17.2 Å². The summed E-state index contributed by atoms with van der Waals surface area (Å²) in [7, 11) is 0. The minimum Gasteiger partial charge on any atom is -0.258 e. The average molecular weight is 196 g/mol. The van der Waals surface area contributed by atoms with Crippen molar-refractivity contribution < 1.29 is 4.92 Å². The van der Waals surface area contributed by atoms with Gasteiger partial charge in [-0.25, -0.2) is 0 Å². The summed E-state index contributed by atoms with van der Waals surface area (Å²) >= 11 is 5.92. The number of allylic oxidation sites excluding steroid dienone is 1. The first kappa shape index (κ1) is 8.26. The van der Waals surface area contributed by atoms with Crippen LogP contribution in [0.15, 0.2) is 24.3 Å². The molecule has 1 unspecified atom stereocenters. The van der Waals surface area contributed by atoms with Crippen molar-refractivity contribution in [3.8, 4) is 0 Å². The lowest BCUT2D eigenvalue weighted by Crippen LogP contribution is -1.90. The molecule has 1 aliphatic rings. The molecule has 2 rings (SSSR count). The van der Waals surface area contributed by atoms with Gasteiger partial charge in [-0.3, -0.25) is 10.1 Å². The highest BCUT2D eigenvalue weighted by atomic mass is 35.5. The summed E-state index contributed by atoms with van der Waals surface area (Å²) < 4.78 is 0. The molecule has 0 aromatic heterocycles. The average Bonchev–Trinajstić information content (AvgIpc) is 2.47. The Morgan fingerprint density at radius 3 is 2.92 bits per heavy atom. The van der Waals surface area contributed by atoms with Crippen molar-refractivity contribution in [2.24, 2.45) is 0 Å². The molecule has 13 heavy (non-hydrogen) atoms. The van der Waals surface area contributed by atoms with E-state index in [0.717, 1.165) is 11.1 Å². The molecule has 0 N–H and O–H groups in total. The molecule has 4 heteroatoms. The van der Waals surface area contributed by atoms with Crippen molar-refractivity contribution in [1.82, 2.24) is 0 Å². The number of hydrogen-bond donors (Lipinski definition) is 0. The number of hydrogen-bond acceptors (Lipinski definition) is 2. The number of nitro benzene ring substituents is 1. The van der Waals surface area contributed by atoms with E-state index in [1.807, 2.05) is 6.08 Å². The smallest absolute Gasteiger partial charge is 0.258 e. The topological polar surface area (TPSA) is 43.1 Å². The Morgan fingerprint density at radius 2 is 2.23 bits per heavy atom. The molecule has 0 fully saturated rings. The van der Waals surface area contributed by atoms with Gasteiger partial charge in [-0.1, -0.05) is 12.2 Å². The highest BCUT2D eigenvalue weighted by Gasteiger charge is 2.17. The number of rotatable bonds is 1. The Hall–Kier alpha value is -1.35. The molecule has 1 aromatic carbocycles. The maximum atomic E-state index is 10.4. The largest absolute Gasteiger partial charge is 0.270 e. The lowest BCUT2D eigenvalue weighted by Gasteiger charge is -2.01. The molecule has 0 spiro atoms. The summed E-state index contributed by atoms with van der Waals surface area (Å²) in [5, 5.41) is 10.3. The Morgan fingerprint density at radius 1 is 1.46 bits per heavy atom. The molecule has 1 aromatic rings. The first-order chi connectivity index (χ1) is 6.18. The van der Waals surface area contributed by atoms with Crippen LogP contribution in [-0.2, 0) is 0 Å². The summed E-state index contributed by atoms with van der Waals surface area (Å²) in [6, 6.07) is 4.71. The van der Waals surface area contributed by atoms with Gasteiger partial charge in [0.2, 0.25) is 0 Å². The number of alkyl halides is 1. The van der Waals surface area contributed by atoms with Crippen molar-refractivity contribution in [3.63, 3.8) is 0 Å². The normalized spacial score (nSPS) is 18.7. The minimum absolute atomic E-state index is 0.106. The monoisotopic (exact) mass is 195 g/mol. The van der Waals surface area contributed by atoms with Crippen LogP contribution in [0.4, 0.5) is 5.69 Å². The van der Waals surface area contributed by atoms with Crippen LogP contribution in [0.2, 0.25) is 0 Å². The third-order valence-corrected chi connectivity index (χ3v) is 2.40. The predicted octanol–water partition coefficient (Wildman–Crippen LogP) is 2.90. The predicted molar refractivity (Wildman–Crippen MR) is 50.7 cm³/mol. The van der Waals surface area contributed by atoms with Crippen molar-refractivity contribution in [1.29, 1.82) is 0 Å². The van der Waals surface area contributed by atoms with Crippen LogP contribution >= 0.6 is 11.6 Å². The molecule has 0 amide bonds. The van der Waals surface area contributed by atoms with Crippen LogP contribution in [0, 0.1) is 10.1 Å². The SMILES string of the molecule is O=[N+]([O-])c1ccc2c(c1)C=CC2Cl. The maximum Gasteiger partial charge on any atom is 0.270 e. The van der Waals surface area contributed by atoms with E-state index in [0.29, 0.717) is 0 Å². The van der Waals surface area contributed by atoms with E-state index in [1.54, 1.807) is 12.1 Å². The van der Waals surface area contributed by atoms with Gasteiger partial charge < -0.3 is 0 Å². The number of benzene rings is 1. The summed E-state index contributed by atoms with van der Waals surface area (Å²) in [5.74, 6) is 0. The Balaban J connectivity index is 2.50. The fraction of sp³-hybridized carbons (Fsp3) is 0.111. The van der Waals surface area contributed by atoms with E-state index >= 15 is 0 Å². The van der Waals surface area contributed by atoms with Gasteiger partial charge in [0.25, 0.3) is 5.69 Å². The van der Waals surface area contributed by atoms with Crippen LogP contribution in [0.1, 0.15) is 16.5 Å². The second-order valence-corrected chi connectivity index (χ2v) is 3.30. The molecule has 0 bridgehead atoms. The van der Waals surface area contributed by atoms with Gasteiger partial charge in [-0.2, -0.15) is 0 Å². The van der Waals surface area contributed by atoms with Gasteiger partial charge in [0.1, 0.15) is 0 Å². The number of halogens is 1. The van der Waals surface area contributed by atoms with Crippen LogP contribution in [0.3, 0.4) is 0 Å². The maximum absolute atomic E-state index is 10.4. The zero-order valence-electron chi connectivity index (χ0n) is 6.61. The van der Waals surface area contributed by atoms with Crippen LogP contribution in [-0.4, -0.2) is 4.92 Å². The molecule has 0 saturated carbocycles. The highest BCUT2D eigenvalue weighted by molar-refractivity contribution is 6.23. The number of fused-ring (bicyclic) bond motifs is 1. The quantitative estimate of drug-likeness (QED) is 0.393. The van der Waals surface area contributed by atoms with Gasteiger partial charge in [0.05, 0.1) is 10.3 Å². The standard InChI is InChI=1S/C9H6ClNO2/c10-9-4-1-6-5-7(11(12)13)2-3-8(6)9/h1-5,9H. The van der Waals surface area contributed by atoms with Crippen molar-refractivity contribution in [2.45, 2.75) is 5.38 Å². The van der Waals surface area contributed by atoms with E-state index < -0.39 is 4.92 Å². The third-order valence-electron chi connectivity index (χ3n) is 2.02. The van der Waals surface area contributed by atoms with Crippen molar-refractivity contribution >= 4 is 23.4 Å². The zero-order valence-corrected chi connectivity index (χ0v) is 7.36. The number of non-ortho nitro benzene ring substituents is 1. The second kappa shape index (κ2) is 2.85. The summed E-state index contributed by atoms with van der Waals surface area (Å²) in [4.78, 5) is 10.0. The van der Waals surface area contributed by atoms with Crippen molar-refractivity contribution in [3.05, 3.63) is 45.5 Å². The molecule has 0 saturated heterocycles. The third kappa shape index (κ3) is 1.31. The molecule has 0 heterocycles. The van der Waals surface area contributed by atoms with E-state index in [2.05, 4.69) is 0 Å². The molecule has 1 aliphatic carbocycles. The molecular formula is C9H6ClNO2. The van der Waals surface area contributed by atoms with E-state index in [-0.39, 0.29) is 11.1 Å². The Bertz CT molecular complexity index is 401. The first-order valence-corrected chi connectivity index (χ1v) is 4.23. The second-order valence-electron chi connectivity index (χ2n) is 2.83. The van der Waals surface area contributed by atoms with Crippen LogP contribution < -0.4 is 0 Å². The van der Waals surface area contributed by atoms with Gasteiger partial charge >= 0.3 is 0 Å². The van der Waals surface area contributed by atoms with Gasteiger partial charge in [0, 0.05) is 12.1 Å². The van der Waals surface area contributed by atoms with E-state index in [4.69, 9.17) is 11.6 Å². The molecular weight excluding hydrogens is 190 g/mol. The van der Waals surface area contributed by atoms with Gasteiger partial charge in [0.15, 0.2) is 0 Å². The summed E-state index contributed by atoms with van der Waals surface area (Å²) in [5.41, 5.74) is 1.88. The zero-order chi connectivity index (χ0) is 9.42. The number of nitro groups is 1. The molecule has 66 valence electrons. The lowest BCUT2D eigenvalue weighted by molar-refractivity contribution is -0.384.